The second-order valence-corrected chi connectivity index (χ2v) is 2.88. The Morgan fingerprint density at radius 3 is 3.06 bits per heavy atom. The minimum Gasteiger partial charge on any atom is -0.475 e. The molecular formula is C7H8N6O3. The molecule has 0 saturated carbocycles. The Morgan fingerprint density at radius 1 is 1.62 bits per heavy atom. The Kier molecular flexibility index (Phi) is 2.60. The molecule has 0 aliphatic carbocycles. The zero-order valence-electron chi connectivity index (χ0n) is 8.07. The predicted molar refractivity (Wildman–Crippen MR) is 49.3 cm³/mol. The van der Waals surface area contributed by atoms with Crippen molar-refractivity contribution in [3.63, 3.8) is 0 Å². The van der Waals surface area contributed by atoms with Crippen LogP contribution >= 0.6 is 0 Å². The predicted octanol–water partition coefficient (Wildman–Crippen LogP) is -1.01. The van der Waals surface area contributed by atoms with Gasteiger partial charge in [0.25, 0.3) is 11.7 Å². The van der Waals surface area contributed by atoms with Crippen molar-refractivity contribution in [2.45, 2.75) is 6.54 Å². The summed E-state index contributed by atoms with van der Waals surface area (Å²) < 4.78 is 6.21. The number of carbonyl (C=O) groups is 1. The number of nitrogens with two attached hydrogens (primary N) is 1. The third-order valence-corrected chi connectivity index (χ3v) is 1.73. The molecule has 0 fully saturated rings. The highest BCUT2D eigenvalue weighted by molar-refractivity contribution is 5.83. The number of hydrogen-bond donors (Lipinski definition) is 2. The number of aromatic carboxylic acids is 1. The van der Waals surface area contributed by atoms with E-state index < -0.39 is 11.8 Å². The van der Waals surface area contributed by atoms with Crippen LogP contribution in [0.15, 0.2) is 10.7 Å². The highest BCUT2D eigenvalue weighted by Gasteiger charge is 2.16. The van der Waals surface area contributed by atoms with Gasteiger partial charge in [0.05, 0.1) is 12.7 Å². The van der Waals surface area contributed by atoms with E-state index in [0.29, 0.717) is 18.8 Å². The fraction of sp³-hybridized carbons (Fsp3) is 0.286. The van der Waals surface area contributed by atoms with E-state index in [4.69, 9.17) is 15.4 Å². The van der Waals surface area contributed by atoms with Crippen LogP contribution in [0.25, 0.3) is 11.6 Å². The molecule has 9 nitrogen and oxygen atoms in total. The first-order valence-corrected chi connectivity index (χ1v) is 4.38. The average Bonchev–Trinajstić information content (AvgIpc) is 2.84. The molecule has 16 heavy (non-hydrogen) atoms. The summed E-state index contributed by atoms with van der Waals surface area (Å²) in [6.07, 6.45) is 1.55. The van der Waals surface area contributed by atoms with Gasteiger partial charge in [-0.15, -0.1) is 5.10 Å². The number of aromatic nitrogens is 5. The maximum Gasteiger partial charge on any atom is 0.377 e. The topological polar surface area (TPSA) is 133 Å². The van der Waals surface area contributed by atoms with Crippen molar-refractivity contribution in [3.05, 3.63) is 12.0 Å². The zero-order valence-corrected chi connectivity index (χ0v) is 8.07. The van der Waals surface area contributed by atoms with Gasteiger partial charge in [0.15, 0.2) is 5.69 Å². The van der Waals surface area contributed by atoms with Gasteiger partial charge in [0.1, 0.15) is 0 Å². The third kappa shape index (κ3) is 1.88. The largest absolute Gasteiger partial charge is 0.475 e. The number of nitrogens with zero attached hydrogens (tertiary/aromatic N) is 5. The monoisotopic (exact) mass is 224 g/mol. The molecule has 0 amide bonds. The van der Waals surface area contributed by atoms with Crippen molar-refractivity contribution in [1.29, 1.82) is 0 Å². The van der Waals surface area contributed by atoms with Crippen LogP contribution < -0.4 is 5.73 Å². The summed E-state index contributed by atoms with van der Waals surface area (Å²) in [7, 11) is 0. The number of rotatable bonds is 4. The van der Waals surface area contributed by atoms with E-state index in [0.717, 1.165) is 0 Å². The molecule has 3 N–H and O–H groups in total. The SMILES string of the molecule is NCCn1cc(-c2nc(C(=O)O)no2)nn1. The fourth-order valence-corrected chi connectivity index (χ4v) is 1.05. The van der Waals surface area contributed by atoms with Gasteiger partial charge >= 0.3 is 5.97 Å². The van der Waals surface area contributed by atoms with E-state index in [-0.39, 0.29) is 5.89 Å². The van der Waals surface area contributed by atoms with E-state index in [9.17, 15) is 4.79 Å². The van der Waals surface area contributed by atoms with Crippen molar-refractivity contribution in [2.75, 3.05) is 6.54 Å². The molecule has 84 valence electrons. The Bertz CT molecular complexity index is 504. The molecule has 0 aromatic carbocycles. The molecular weight excluding hydrogens is 216 g/mol. The molecule has 2 heterocycles. The minimum absolute atomic E-state index is 0.0145. The van der Waals surface area contributed by atoms with Crippen LogP contribution in [-0.4, -0.2) is 42.8 Å². The molecule has 0 atom stereocenters. The van der Waals surface area contributed by atoms with Crippen LogP contribution in [0.3, 0.4) is 0 Å². The molecule has 0 aliphatic rings. The summed E-state index contributed by atoms with van der Waals surface area (Å²) in [6.45, 7) is 0.930. The third-order valence-electron chi connectivity index (χ3n) is 1.73. The number of hydrogen-bond acceptors (Lipinski definition) is 7. The van der Waals surface area contributed by atoms with Gasteiger partial charge in [-0.1, -0.05) is 5.21 Å². The average molecular weight is 224 g/mol. The molecule has 0 saturated heterocycles. The Labute approximate surface area is 88.9 Å². The molecule has 2 rings (SSSR count). The Balaban J connectivity index is 2.24. The van der Waals surface area contributed by atoms with Gasteiger partial charge < -0.3 is 15.4 Å². The summed E-state index contributed by atoms with van der Waals surface area (Å²) in [6, 6.07) is 0. The van der Waals surface area contributed by atoms with Gasteiger partial charge in [-0.25, -0.2) is 4.79 Å². The van der Waals surface area contributed by atoms with Crippen LogP contribution in [0.2, 0.25) is 0 Å². The van der Waals surface area contributed by atoms with Gasteiger partial charge in [-0.05, 0) is 5.16 Å². The molecule has 0 unspecified atom stereocenters. The first-order chi connectivity index (χ1) is 7.70. The quantitative estimate of drug-likeness (QED) is 0.674. The summed E-state index contributed by atoms with van der Waals surface area (Å²) in [5.41, 5.74) is 5.65. The lowest BCUT2D eigenvalue weighted by Crippen LogP contribution is -2.10. The minimum atomic E-state index is -1.26. The van der Waals surface area contributed by atoms with E-state index in [1.807, 2.05) is 0 Å². The normalized spacial score (nSPS) is 10.6. The van der Waals surface area contributed by atoms with Crippen LogP contribution in [-0.2, 0) is 6.54 Å². The Morgan fingerprint density at radius 2 is 2.44 bits per heavy atom. The van der Waals surface area contributed by atoms with Crippen LogP contribution in [0.4, 0.5) is 0 Å². The van der Waals surface area contributed by atoms with Crippen LogP contribution in [0, 0.1) is 0 Å². The van der Waals surface area contributed by atoms with Gasteiger partial charge in [0, 0.05) is 6.54 Å². The van der Waals surface area contributed by atoms with Crippen molar-refractivity contribution in [3.8, 4) is 11.6 Å². The second-order valence-electron chi connectivity index (χ2n) is 2.88. The summed E-state index contributed by atoms with van der Waals surface area (Å²) in [4.78, 5) is 14.1. The highest BCUT2D eigenvalue weighted by Crippen LogP contribution is 2.12. The maximum absolute atomic E-state index is 10.5. The molecule has 0 aliphatic heterocycles. The molecule has 9 heteroatoms. The maximum atomic E-state index is 10.5. The lowest BCUT2D eigenvalue weighted by Gasteiger charge is -1.91. The molecule has 0 radical (unpaired) electrons. The van der Waals surface area contributed by atoms with E-state index in [1.54, 1.807) is 6.20 Å². The standard InChI is InChI=1S/C7H8N6O3/c8-1-2-13-3-4(10-12-13)6-9-5(7(14)15)11-16-6/h3H,1-2,8H2,(H,14,15). The van der Waals surface area contributed by atoms with Crippen molar-refractivity contribution in [2.24, 2.45) is 5.73 Å². The molecule has 0 bridgehead atoms. The number of carboxylic acids is 1. The molecule has 0 spiro atoms. The first-order valence-electron chi connectivity index (χ1n) is 4.38. The molecule has 2 aromatic heterocycles. The smallest absolute Gasteiger partial charge is 0.377 e. The molecule has 2 aromatic rings. The second kappa shape index (κ2) is 4.06. The fourth-order valence-electron chi connectivity index (χ4n) is 1.05. The van der Waals surface area contributed by atoms with Crippen molar-refractivity contribution < 1.29 is 14.4 Å². The lowest BCUT2D eigenvalue weighted by molar-refractivity contribution is 0.0680. The van der Waals surface area contributed by atoms with Crippen LogP contribution in [0.1, 0.15) is 10.6 Å². The van der Waals surface area contributed by atoms with Crippen LogP contribution in [0.5, 0.6) is 0 Å². The first kappa shape index (κ1) is 10.2. The van der Waals surface area contributed by atoms with Gasteiger partial charge in [-0.3, -0.25) is 4.68 Å². The van der Waals surface area contributed by atoms with Crippen molar-refractivity contribution >= 4 is 5.97 Å². The van der Waals surface area contributed by atoms with E-state index >= 15 is 0 Å². The summed E-state index contributed by atoms with van der Waals surface area (Å²) in [5, 5.41) is 19.3. The lowest BCUT2D eigenvalue weighted by atomic mass is 10.5. The van der Waals surface area contributed by atoms with Crippen molar-refractivity contribution in [1.82, 2.24) is 25.1 Å². The summed E-state index contributed by atoms with van der Waals surface area (Å²) in [5.74, 6) is -1.66. The highest BCUT2D eigenvalue weighted by atomic mass is 16.5. The van der Waals surface area contributed by atoms with E-state index in [1.165, 1.54) is 4.68 Å². The van der Waals surface area contributed by atoms with E-state index in [2.05, 4.69) is 20.5 Å². The zero-order chi connectivity index (χ0) is 11.5. The summed E-state index contributed by atoms with van der Waals surface area (Å²) >= 11 is 0. The number of carboxylic acid groups (broad SMARTS) is 1. The van der Waals surface area contributed by atoms with Gasteiger partial charge in [-0.2, -0.15) is 4.98 Å². The van der Waals surface area contributed by atoms with Gasteiger partial charge in [0.2, 0.25) is 0 Å². The Hall–Kier alpha value is -2.29.